The number of carbonyl (C=O) groups excluding carboxylic acids is 1. The Hall–Kier alpha value is -2.43. The molecule has 0 aromatic heterocycles. The number of hydrogen-bond acceptors (Lipinski definition) is 3. The number of hydrogen-bond donors (Lipinski definition) is 1. The van der Waals surface area contributed by atoms with E-state index in [1.165, 1.54) is 11.1 Å². The van der Waals surface area contributed by atoms with Crippen molar-refractivity contribution in [3.63, 3.8) is 0 Å². The molecule has 1 N–H and O–H groups in total. The fraction of sp³-hybridized carbons (Fsp3) is 0.400. The van der Waals surface area contributed by atoms with Gasteiger partial charge in [0.25, 0.3) is 0 Å². The van der Waals surface area contributed by atoms with E-state index in [0.717, 1.165) is 44.0 Å². The predicted octanol–water partition coefficient (Wildman–Crippen LogP) is 4.15. The van der Waals surface area contributed by atoms with Crippen molar-refractivity contribution in [2.45, 2.75) is 39.3 Å². The maximum Gasteiger partial charge on any atom is 0.244 e. The minimum Gasteiger partial charge on any atom is -0.379 e. The highest BCUT2D eigenvalue weighted by Gasteiger charge is 2.12. The van der Waals surface area contributed by atoms with Gasteiger partial charge < -0.3 is 10.1 Å². The first-order valence-corrected chi connectivity index (χ1v) is 10.3. The van der Waals surface area contributed by atoms with Crippen molar-refractivity contribution >= 4 is 12.0 Å². The number of carbonyl (C=O) groups is 1. The van der Waals surface area contributed by atoms with E-state index in [1.54, 1.807) is 6.08 Å². The number of amides is 1. The molecule has 1 fully saturated rings. The van der Waals surface area contributed by atoms with Crippen molar-refractivity contribution in [3.8, 4) is 0 Å². The molecule has 0 aliphatic carbocycles. The fourth-order valence-corrected chi connectivity index (χ4v) is 3.29. The summed E-state index contributed by atoms with van der Waals surface area (Å²) in [7, 11) is 0. The lowest BCUT2D eigenvalue weighted by atomic mass is 9.87. The number of nitrogens with zero attached hydrogens (tertiary/aromatic N) is 1. The quantitative estimate of drug-likeness (QED) is 0.751. The molecule has 1 amide bonds. The normalized spacial score (nSPS) is 15.6. The van der Waals surface area contributed by atoms with E-state index >= 15 is 0 Å². The van der Waals surface area contributed by atoms with Gasteiger partial charge in [-0.15, -0.1) is 0 Å². The third kappa shape index (κ3) is 6.84. The summed E-state index contributed by atoms with van der Waals surface area (Å²) in [5, 5.41) is 2.95. The molecule has 2 aromatic carbocycles. The average Bonchev–Trinajstić information content (AvgIpc) is 2.72. The molecule has 1 aliphatic rings. The molecule has 1 heterocycles. The van der Waals surface area contributed by atoms with Crippen LogP contribution in [0.3, 0.4) is 0 Å². The topological polar surface area (TPSA) is 41.6 Å². The summed E-state index contributed by atoms with van der Waals surface area (Å²) < 4.78 is 5.39. The van der Waals surface area contributed by atoms with Crippen LogP contribution in [-0.2, 0) is 28.0 Å². The van der Waals surface area contributed by atoms with Gasteiger partial charge in [0.15, 0.2) is 0 Å². The predicted molar refractivity (Wildman–Crippen MR) is 119 cm³/mol. The van der Waals surface area contributed by atoms with Crippen LogP contribution in [-0.4, -0.2) is 37.1 Å². The number of rotatable bonds is 6. The first kappa shape index (κ1) is 21.3. The van der Waals surface area contributed by atoms with E-state index in [0.29, 0.717) is 6.54 Å². The molecule has 4 heteroatoms. The number of ether oxygens (including phenoxy) is 1. The SMILES string of the molecule is CC(C)(C)c1ccc(/C=C/C(=O)NCc2ccc(CN3CCOCC3)cc2)cc1. The Kier molecular flexibility index (Phi) is 7.24. The molecule has 1 saturated heterocycles. The first-order valence-electron chi connectivity index (χ1n) is 10.3. The zero-order chi connectivity index (χ0) is 20.7. The fourth-order valence-electron chi connectivity index (χ4n) is 3.29. The summed E-state index contributed by atoms with van der Waals surface area (Å²) in [4.78, 5) is 14.5. The van der Waals surface area contributed by atoms with E-state index in [2.05, 4.69) is 79.5 Å². The zero-order valence-corrected chi connectivity index (χ0v) is 17.8. The zero-order valence-electron chi connectivity index (χ0n) is 17.8. The Morgan fingerprint density at radius 2 is 1.62 bits per heavy atom. The smallest absolute Gasteiger partial charge is 0.244 e. The van der Waals surface area contributed by atoms with Crippen molar-refractivity contribution in [3.05, 3.63) is 76.9 Å². The van der Waals surface area contributed by atoms with Gasteiger partial charge in [-0.2, -0.15) is 0 Å². The van der Waals surface area contributed by atoms with Crippen LogP contribution in [0.5, 0.6) is 0 Å². The van der Waals surface area contributed by atoms with E-state index in [1.807, 2.05) is 6.08 Å². The van der Waals surface area contributed by atoms with Gasteiger partial charge in [0.05, 0.1) is 13.2 Å². The monoisotopic (exact) mass is 392 g/mol. The highest BCUT2D eigenvalue weighted by atomic mass is 16.5. The van der Waals surface area contributed by atoms with Gasteiger partial charge in [0.2, 0.25) is 5.91 Å². The van der Waals surface area contributed by atoms with E-state index < -0.39 is 0 Å². The lowest BCUT2D eigenvalue weighted by Gasteiger charge is -2.26. The molecule has 2 aromatic rings. The third-order valence-electron chi connectivity index (χ3n) is 5.20. The molecule has 154 valence electrons. The summed E-state index contributed by atoms with van der Waals surface area (Å²) in [6, 6.07) is 16.8. The lowest BCUT2D eigenvalue weighted by Crippen LogP contribution is -2.35. The minimum absolute atomic E-state index is 0.0812. The molecule has 0 spiro atoms. The molecule has 0 saturated carbocycles. The van der Waals surface area contributed by atoms with Crippen LogP contribution < -0.4 is 5.32 Å². The molecule has 4 nitrogen and oxygen atoms in total. The Morgan fingerprint density at radius 1 is 1.00 bits per heavy atom. The second kappa shape index (κ2) is 9.86. The molecule has 3 rings (SSSR count). The Bertz CT molecular complexity index is 811. The summed E-state index contributed by atoms with van der Waals surface area (Å²) in [5.74, 6) is -0.0812. The van der Waals surface area contributed by atoms with E-state index in [9.17, 15) is 4.79 Å². The highest BCUT2D eigenvalue weighted by Crippen LogP contribution is 2.22. The van der Waals surface area contributed by atoms with Crippen LogP contribution in [0.2, 0.25) is 0 Å². The molecule has 1 aliphatic heterocycles. The van der Waals surface area contributed by atoms with Crippen LogP contribution in [0.15, 0.2) is 54.6 Å². The molecular formula is C25H32N2O2. The molecule has 29 heavy (non-hydrogen) atoms. The maximum atomic E-state index is 12.1. The maximum absolute atomic E-state index is 12.1. The molecule has 0 bridgehead atoms. The Balaban J connectivity index is 1.45. The summed E-state index contributed by atoms with van der Waals surface area (Å²) >= 11 is 0. The van der Waals surface area contributed by atoms with Gasteiger partial charge in [0, 0.05) is 32.3 Å². The second-order valence-corrected chi connectivity index (χ2v) is 8.63. The van der Waals surface area contributed by atoms with Crippen molar-refractivity contribution in [2.24, 2.45) is 0 Å². The Morgan fingerprint density at radius 3 is 2.24 bits per heavy atom. The number of benzene rings is 2. The van der Waals surface area contributed by atoms with Crippen LogP contribution in [0.1, 0.15) is 43.0 Å². The van der Waals surface area contributed by atoms with Crippen LogP contribution in [0.4, 0.5) is 0 Å². The van der Waals surface area contributed by atoms with Gasteiger partial charge in [-0.1, -0.05) is 69.3 Å². The van der Waals surface area contributed by atoms with Gasteiger partial charge in [-0.05, 0) is 33.7 Å². The number of morpholine rings is 1. The molecular weight excluding hydrogens is 360 g/mol. The summed E-state index contributed by atoms with van der Waals surface area (Å²) in [6.07, 6.45) is 3.45. The molecule has 0 atom stereocenters. The van der Waals surface area contributed by atoms with Crippen LogP contribution in [0, 0.1) is 0 Å². The van der Waals surface area contributed by atoms with Crippen molar-refractivity contribution < 1.29 is 9.53 Å². The first-order chi connectivity index (χ1) is 13.9. The molecule has 0 radical (unpaired) electrons. The van der Waals surface area contributed by atoms with Crippen LogP contribution in [0.25, 0.3) is 6.08 Å². The van der Waals surface area contributed by atoms with E-state index in [-0.39, 0.29) is 11.3 Å². The van der Waals surface area contributed by atoms with Gasteiger partial charge in [-0.25, -0.2) is 0 Å². The Labute approximate surface area is 174 Å². The number of nitrogens with one attached hydrogen (secondary N) is 1. The van der Waals surface area contributed by atoms with Crippen LogP contribution >= 0.6 is 0 Å². The standard InChI is InChI=1S/C25H32N2O2/c1-25(2,3)23-11-8-20(9-12-23)10-13-24(28)26-18-21-4-6-22(7-5-21)19-27-14-16-29-17-15-27/h4-13H,14-19H2,1-3H3,(H,26,28)/b13-10+. The second-order valence-electron chi connectivity index (χ2n) is 8.63. The van der Waals surface area contributed by atoms with Crippen molar-refractivity contribution in [2.75, 3.05) is 26.3 Å². The molecule has 0 unspecified atom stereocenters. The summed E-state index contributed by atoms with van der Waals surface area (Å²) in [6.45, 7) is 11.7. The van der Waals surface area contributed by atoms with Crippen molar-refractivity contribution in [1.29, 1.82) is 0 Å². The van der Waals surface area contributed by atoms with Crippen molar-refractivity contribution in [1.82, 2.24) is 10.2 Å². The van der Waals surface area contributed by atoms with Gasteiger partial charge in [-0.3, -0.25) is 9.69 Å². The van der Waals surface area contributed by atoms with E-state index in [4.69, 9.17) is 4.74 Å². The lowest BCUT2D eigenvalue weighted by molar-refractivity contribution is -0.116. The minimum atomic E-state index is -0.0812. The van der Waals surface area contributed by atoms with Gasteiger partial charge in [0.1, 0.15) is 0 Å². The summed E-state index contributed by atoms with van der Waals surface area (Å²) in [5.41, 5.74) is 4.85. The largest absolute Gasteiger partial charge is 0.379 e. The average molecular weight is 393 g/mol. The highest BCUT2D eigenvalue weighted by molar-refractivity contribution is 5.91. The van der Waals surface area contributed by atoms with Gasteiger partial charge >= 0.3 is 0 Å². The third-order valence-corrected chi connectivity index (χ3v) is 5.20.